The number of carbonyl (C=O) groups is 1. The highest BCUT2D eigenvalue weighted by Crippen LogP contribution is 2.23. The number of nitrogens with one attached hydrogen (secondary N) is 1. The van der Waals surface area contributed by atoms with Crippen LogP contribution in [0, 0.1) is 0 Å². The van der Waals surface area contributed by atoms with Crippen LogP contribution in [0.5, 0.6) is 5.75 Å². The average molecular weight is 341 g/mol. The number of halogens is 1. The Morgan fingerprint density at radius 2 is 2.30 bits per heavy atom. The zero-order chi connectivity index (χ0) is 14.4. The molecule has 0 bridgehead atoms. The Morgan fingerprint density at radius 3 is 3.05 bits per heavy atom. The Bertz CT molecular complexity index is 453. The summed E-state index contributed by atoms with van der Waals surface area (Å²) in [4.78, 5) is 14.1. The first kappa shape index (κ1) is 15.3. The van der Waals surface area contributed by atoms with E-state index in [1.165, 1.54) is 0 Å². The summed E-state index contributed by atoms with van der Waals surface area (Å²) in [6, 6.07) is 8.11. The highest BCUT2D eigenvalue weighted by molar-refractivity contribution is 9.10. The van der Waals surface area contributed by atoms with Gasteiger partial charge in [0.1, 0.15) is 5.75 Å². The first-order chi connectivity index (χ1) is 9.70. The minimum absolute atomic E-state index is 0.178. The molecule has 1 aliphatic heterocycles. The van der Waals surface area contributed by atoms with Crippen LogP contribution in [-0.2, 0) is 4.79 Å². The summed E-state index contributed by atoms with van der Waals surface area (Å²) in [6.45, 7) is 2.10. The van der Waals surface area contributed by atoms with Crippen LogP contribution in [0.2, 0.25) is 0 Å². The van der Waals surface area contributed by atoms with Gasteiger partial charge in [0.15, 0.2) is 0 Å². The number of piperidine rings is 1. The number of ether oxygens (including phenoxy) is 1. The van der Waals surface area contributed by atoms with Gasteiger partial charge in [0.05, 0.1) is 17.5 Å². The van der Waals surface area contributed by atoms with Gasteiger partial charge in [-0.1, -0.05) is 12.1 Å². The number of benzene rings is 1. The Balaban J connectivity index is 1.76. The van der Waals surface area contributed by atoms with Crippen LogP contribution < -0.4 is 10.1 Å². The minimum atomic E-state index is 0.178. The lowest BCUT2D eigenvalue weighted by atomic mass is 10.1. The molecule has 1 amide bonds. The summed E-state index contributed by atoms with van der Waals surface area (Å²) in [5.41, 5.74) is 0. The predicted molar refractivity (Wildman–Crippen MR) is 82.9 cm³/mol. The summed E-state index contributed by atoms with van der Waals surface area (Å²) < 4.78 is 6.56. The molecule has 0 spiro atoms. The second kappa shape index (κ2) is 7.64. The third-order valence-corrected chi connectivity index (χ3v) is 4.25. The smallest absolute Gasteiger partial charge is 0.226 e. The lowest BCUT2D eigenvalue weighted by Gasteiger charge is -2.32. The van der Waals surface area contributed by atoms with E-state index in [-0.39, 0.29) is 5.91 Å². The topological polar surface area (TPSA) is 41.6 Å². The fourth-order valence-corrected chi connectivity index (χ4v) is 2.81. The molecule has 1 aliphatic rings. The van der Waals surface area contributed by atoms with E-state index in [1.54, 1.807) is 0 Å². The number of hydrogen-bond acceptors (Lipinski definition) is 3. The minimum Gasteiger partial charge on any atom is -0.492 e. The molecule has 1 atom stereocenters. The number of likely N-dealkylation sites (tertiary alicyclic amines) is 1. The highest BCUT2D eigenvalue weighted by atomic mass is 79.9. The van der Waals surface area contributed by atoms with Crippen molar-refractivity contribution in [2.75, 3.05) is 26.7 Å². The number of amides is 1. The molecule has 1 heterocycles. The maximum absolute atomic E-state index is 12.1. The monoisotopic (exact) mass is 340 g/mol. The van der Waals surface area contributed by atoms with Crippen LogP contribution in [0.3, 0.4) is 0 Å². The Kier molecular flexibility index (Phi) is 5.86. The van der Waals surface area contributed by atoms with Crippen molar-refractivity contribution >= 4 is 21.8 Å². The fraction of sp³-hybridized carbons (Fsp3) is 0.533. The standard InChI is InChI=1S/C15H21BrN2O2/c1-17-12-5-4-9-18(11-12)15(19)8-10-20-14-7-3-2-6-13(14)16/h2-3,6-7,12,17H,4-5,8-11H2,1H3. The molecule has 20 heavy (non-hydrogen) atoms. The summed E-state index contributed by atoms with van der Waals surface area (Å²) >= 11 is 3.43. The first-order valence-corrected chi connectivity index (χ1v) is 7.82. The Labute approximate surface area is 128 Å². The van der Waals surface area contributed by atoms with Gasteiger partial charge in [-0.3, -0.25) is 4.79 Å². The zero-order valence-electron chi connectivity index (χ0n) is 11.8. The Morgan fingerprint density at radius 1 is 1.50 bits per heavy atom. The highest BCUT2D eigenvalue weighted by Gasteiger charge is 2.22. The van der Waals surface area contributed by atoms with Crippen molar-refractivity contribution in [3.63, 3.8) is 0 Å². The molecule has 2 rings (SSSR count). The van der Waals surface area contributed by atoms with Gasteiger partial charge in [-0.25, -0.2) is 0 Å². The molecule has 5 heteroatoms. The van der Waals surface area contributed by atoms with Crippen molar-refractivity contribution in [3.05, 3.63) is 28.7 Å². The van der Waals surface area contributed by atoms with Gasteiger partial charge in [0.2, 0.25) is 5.91 Å². The van der Waals surface area contributed by atoms with Gasteiger partial charge in [-0.15, -0.1) is 0 Å². The van der Waals surface area contributed by atoms with E-state index in [9.17, 15) is 4.79 Å². The quantitative estimate of drug-likeness (QED) is 0.894. The molecule has 1 fully saturated rings. The number of rotatable bonds is 5. The lowest BCUT2D eigenvalue weighted by molar-refractivity contribution is -0.133. The Hall–Kier alpha value is -1.07. The fourth-order valence-electron chi connectivity index (χ4n) is 2.41. The molecule has 0 aliphatic carbocycles. The SMILES string of the molecule is CNC1CCCN(C(=O)CCOc2ccccc2Br)C1. The maximum Gasteiger partial charge on any atom is 0.226 e. The van der Waals surface area contributed by atoms with Gasteiger partial charge in [0.25, 0.3) is 0 Å². The zero-order valence-corrected chi connectivity index (χ0v) is 13.4. The van der Waals surface area contributed by atoms with Gasteiger partial charge >= 0.3 is 0 Å². The average Bonchev–Trinajstić information content (AvgIpc) is 2.49. The summed E-state index contributed by atoms with van der Waals surface area (Å²) in [6.07, 6.45) is 2.65. The first-order valence-electron chi connectivity index (χ1n) is 7.03. The number of carbonyl (C=O) groups excluding carboxylic acids is 1. The van der Waals surface area contributed by atoms with Crippen molar-refractivity contribution in [2.24, 2.45) is 0 Å². The van der Waals surface area contributed by atoms with Crippen molar-refractivity contribution < 1.29 is 9.53 Å². The molecule has 1 aromatic carbocycles. The van der Waals surface area contributed by atoms with E-state index in [1.807, 2.05) is 36.2 Å². The van der Waals surface area contributed by atoms with Crippen molar-refractivity contribution in [1.82, 2.24) is 10.2 Å². The van der Waals surface area contributed by atoms with Crippen LogP contribution >= 0.6 is 15.9 Å². The summed E-state index contributed by atoms with van der Waals surface area (Å²) in [5.74, 6) is 0.962. The molecule has 1 saturated heterocycles. The molecule has 0 aromatic heterocycles. The van der Waals surface area contributed by atoms with E-state index in [0.717, 1.165) is 36.2 Å². The third kappa shape index (κ3) is 4.21. The second-order valence-corrected chi connectivity index (χ2v) is 5.85. The molecule has 1 N–H and O–H groups in total. The normalized spacial score (nSPS) is 18.9. The van der Waals surface area contributed by atoms with Crippen molar-refractivity contribution in [3.8, 4) is 5.75 Å². The summed E-state index contributed by atoms with van der Waals surface area (Å²) in [7, 11) is 1.95. The van der Waals surface area contributed by atoms with Crippen LogP contribution in [0.1, 0.15) is 19.3 Å². The van der Waals surface area contributed by atoms with Gasteiger partial charge < -0.3 is 15.0 Å². The largest absolute Gasteiger partial charge is 0.492 e. The van der Waals surface area contributed by atoms with E-state index in [4.69, 9.17) is 4.74 Å². The maximum atomic E-state index is 12.1. The van der Waals surface area contributed by atoms with Gasteiger partial charge in [0, 0.05) is 19.1 Å². The number of nitrogens with zero attached hydrogens (tertiary/aromatic N) is 1. The molecule has 0 radical (unpaired) electrons. The van der Waals surface area contributed by atoms with E-state index < -0.39 is 0 Å². The van der Waals surface area contributed by atoms with Crippen LogP contribution in [0.4, 0.5) is 0 Å². The van der Waals surface area contributed by atoms with Gasteiger partial charge in [-0.05, 0) is 48.0 Å². The third-order valence-electron chi connectivity index (χ3n) is 3.59. The van der Waals surface area contributed by atoms with Crippen LogP contribution in [0.15, 0.2) is 28.7 Å². The molecule has 110 valence electrons. The van der Waals surface area contributed by atoms with Crippen LogP contribution in [-0.4, -0.2) is 43.6 Å². The van der Waals surface area contributed by atoms with E-state index in [0.29, 0.717) is 19.1 Å². The van der Waals surface area contributed by atoms with Crippen molar-refractivity contribution in [1.29, 1.82) is 0 Å². The summed E-state index contributed by atoms with van der Waals surface area (Å²) in [5, 5.41) is 3.25. The van der Waals surface area contributed by atoms with Crippen LogP contribution in [0.25, 0.3) is 0 Å². The number of para-hydroxylation sites is 1. The number of likely N-dealkylation sites (N-methyl/N-ethyl adjacent to an activating group) is 1. The number of hydrogen-bond donors (Lipinski definition) is 1. The molecule has 0 saturated carbocycles. The molecule has 4 nitrogen and oxygen atoms in total. The molecule has 1 unspecified atom stereocenters. The second-order valence-electron chi connectivity index (χ2n) is 5.00. The van der Waals surface area contributed by atoms with Crippen molar-refractivity contribution in [2.45, 2.75) is 25.3 Å². The van der Waals surface area contributed by atoms with E-state index in [2.05, 4.69) is 21.2 Å². The molecular formula is C15H21BrN2O2. The van der Waals surface area contributed by atoms with Gasteiger partial charge in [-0.2, -0.15) is 0 Å². The lowest BCUT2D eigenvalue weighted by Crippen LogP contribution is -2.47. The molecule has 1 aromatic rings. The predicted octanol–water partition coefficient (Wildman–Crippen LogP) is 2.43. The molecular weight excluding hydrogens is 320 g/mol. The van der Waals surface area contributed by atoms with E-state index >= 15 is 0 Å².